The molecule has 118 valence electrons. The first-order valence-electron chi connectivity index (χ1n) is 6.28. The van der Waals surface area contributed by atoms with Gasteiger partial charge in [-0.3, -0.25) is 4.79 Å². The van der Waals surface area contributed by atoms with Crippen LogP contribution in [0.3, 0.4) is 0 Å². The van der Waals surface area contributed by atoms with Crippen LogP contribution in [0.4, 0.5) is 0 Å². The number of ether oxygens (including phenoxy) is 2. The summed E-state index contributed by atoms with van der Waals surface area (Å²) < 4.78 is 36.1. The van der Waals surface area contributed by atoms with Crippen LogP contribution in [0.1, 0.15) is 18.4 Å². The molecule has 0 spiro atoms. The number of rotatable bonds is 9. The molecule has 7 nitrogen and oxygen atoms in total. The summed E-state index contributed by atoms with van der Waals surface area (Å²) in [6.07, 6.45) is -0.0894. The Hall–Kier alpha value is -1.80. The number of hydrogen-bond acceptors (Lipinski definition) is 5. The fraction of sp³-hybridized carbons (Fsp3) is 0.462. The van der Waals surface area contributed by atoms with Crippen LogP contribution in [-0.2, 0) is 21.4 Å². The van der Waals surface area contributed by atoms with Crippen molar-refractivity contribution >= 4 is 16.0 Å². The minimum absolute atomic E-state index is 0.0800. The van der Waals surface area contributed by atoms with E-state index in [2.05, 4.69) is 4.72 Å². The van der Waals surface area contributed by atoms with Gasteiger partial charge in [0.2, 0.25) is 10.0 Å². The van der Waals surface area contributed by atoms with Gasteiger partial charge in [-0.1, -0.05) is 6.07 Å². The van der Waals surface area contributed by atoms with E-state index >= 15 is 0 Å². The molecule has 0 unspecified atom stereocenters. The van der Waals surface area contributed by atoms with Crippen molar-refractivity contribution < 1.29 is 27.8 Å². The van der Waals surface area contributed by atoms with E-state index in [-0.39, 0.29) is 25.1 Å². The molecule has 21 heavy (non-hydrogen) atoms. The summed E-state index contributed by atoms with van der Waals surface area (Å²) in [5.74, 6) is -0.150. The lowest BCUT2D eigenvalue weighted by Crippen LogP contribution is -2.26. The predicted molar refractivity (Wildman–Crippen MR) is 77.0 cm³/mol. The van der Waals surface area contributed by atoms with Gasteiger partial charge < -0.3 is 14.6 Å². The van der Waals surface area contributed by atoms with Gasteiger partial charge in [-0.05, 0) is 24.1 Å². The smallest absolute Gasteiger partial charge is 0.303 e. The quantitative estimate of drug-likeness (QED) is 0.704. The summed E-state index contributed by atoms with van der Waals surface area (Å²) in [6, 6.07) is 5.09. The molecule has 8 heteroatoms. The van der Waals surface area contributed by atoms with Crippen LogP contribution in [0.15, 0.2) is 18.2 Å². The molecule has 1 rings (SSSR count). The van der Waals surface area contributed by atoms with Crippen LogP contribution in [0, 0.1) is 0 Å². The predicted octanol–water partition coefficient (Wildman–Crippen LogP) is 0.988. The van der Waals surface area contributed by atoms with Crippen molar-refractivity contribution in [3.05, 3.63) is 23.8 Å². The number of carboxylic acids is 1. The maximum Gasteiger partial charge on any atom is 0.303 e. The third-order valence-electron chi connectivity index (χ3n) is 2.75. The Balaban J connectivity index is 2.60. The van der Waals surface area contributed by atoms with Gasteiger partial charge in [0.05, 0.1) is 20.0 Å². The third kappa shape index (κ3) is 6.01. The van der Waals surface area contributed by atoms with Gasteiger partial charge in [-0.2, -0.15) is 0 Å². The Bertz CT molecular complexity index is 584. The lowest BCUT2D eigenvalue weighted by Gasteiger charge is -2.10. The minimum atomic E-state index is -3.50. The molecule has 0 bridgehead atoms. The van der Waals surface area contributed by atoms with Crippen LogP contribution in [0.2, 0.25) is 0 Å². The SMILES string of the molecule is COc1ccc(CNS(=O)(=O)CCCC(=O)O)cc1OC. The normalized spacial score (nSPS) is 11.1. The number of hydrogen-bond donors (Lipinski definition) is 2. The molecule has 0 aliphatic heterocycles. The van der Waals surface area contributed by atoms with E-state index in [9.17, 15) is 13.2 Å². The molecule has 0 saturated carbocycles. The van der Waals surface area contributed by atoms with E-state index in [1.807, 2.05) is 0 Å². The zero-order chi connectivity index (χ0) is 15.9. The van der Waals surface area contributed by atoms with E-state index in [0.717, 1.165) is 5.56 Å². The Morgan fingerprint density at radius 1 is 1.24 bits per heavy atom. The van der Waals surface area contributed by atoms with Gasteiger partial charge in [-0.25, -0.2) is 13.1 Å². The molecular weight excluding hydrogens is 298 g/mol. The molecule has 2 N–H and O–H groups in total. The highest BCUT2D eigenvalue weighted by molar-refractivity contribution is 7.89. The van der Waals surface area contributed by atoms with Gasteiger partial charge >= 0.3 is 5.97 Å². The summed E-state index contributed by atoms with van der Waals surface area (Å²) >= 11 is 0. The van der Waals surface area contributed by atoms with Crippen molar-refractivity contribution in [3.8, 4) is 11.5 Å². The monoisotopic (exact) mass is 317 g/mol. The number of carboxylic acid groups (broad SMARTS) is 1. The van der Waals surface area contributed by atoms with E-state index in [4.69, 9.17) is 14.6 Å². The Kier molecular flexibility index (Phi) is 6.44. The zero-order valence-corrected chi connectivity index (χ0v) is 12.8. The van der Waals surface area contributed by atoms with Crippen LogP contribution in [0.5, 0.6) is 11.5 Å². The molecule has 0 atom stereocenters. The highest BCUT2D eigenvalue weighted by Gasteiger charge is 2.12. The van der Waals surface area contributed by atoms with Crippen LogP contribution in [-0.4, -0.2) is 39.5 Å². The van der Waals surface area contributed by atoms with Crippen molar-refractivity contribution in [1.82, 2.24) is 4.72 Å². The molecule has 0 saturated heterocycles. The van der Waals surface area contributed by atoms with Crippen LogP contribution < -0.4 is 14.2 Å². The molecule has 0 heterocycles. The van der Waals surface area contributed by atoms with Crippen molar-refractivity contribution in [2.45, 2.75) is 19.4 Å². The Morgan fingerprint density at radius 3 is 2.48 bits per heavy atom. The van der Waals surface area contributed by atoms with Crippen LogP contribution >= 0.6 is 0 Å². The van der Waals surface area contributed by atoms with Crippen LogP contribution in [0.25, 0.3) is 0 Å². The fourth-order valence-electron chi connectivity index (χ4n) is 1.67. The Morgan fingerprint density at radius 2 is 1.90 bits per heavy atom. The molecular formula is C13H19NO6S. The average Bonchev–Trinajstić information content (AvgIpc) is 2.44. The first-order valence-corrected chi connectivity index (χ1v) is 7.93. The van der Waals surface area contributed by atoms with E-state index in [1.165, 1.54) is 14.2 Å². The topological polar surface area (TPSA) is 102 Å². The van der Waals surface area contributed by atoms with Crippen molar-refractivity contribution in [2.75, 3.05) is 20.0 Å². The molecule has 1 aromatic rings. The molecule has 0 aromatic heterocycles. The van der Waals surface area contributed by atoms with Gasteiger partial charge in [0.25, 0.3) is 0 Å². The number of benzene rings is 1. The maximum atomic E-state index is 11.7. The average molecular weight is 317 g/mol. The fourth-order valence-corrected chi connectivity index (χ4v) is 2.72. The molecule has 0 amide bonds. The second-order valence-electron chi connectivity index (χ2n) is 4.33. The number of nitrogens with one attached hydrogen (secondary N) is 1. The summed E-state index contributed by atoms with van der Waals surface area (Å²) in [5, 5.41) is 8.48. The molecule has 0 fully saturated rings. The first-order chi connectivity index (χ1) is 9.88. The van der Waals surface area contributed by atoms with Crippen molar-refractivity contribution in [2.24, 2.45) is 0 Å². The van der Waals surface area contributed by atoms with Gasteiger partial charge in [0.15, 0.2) is 11.5 Å². The summed E-state index contributed by atoms with van der Waals surface area (Å²) in [6.45, 7) is 0.107. The summed E-state index contributed by atoms with van der Waals surface area (Å²) in [7, 11) is -0.482. The highest BCUT2D eigenvalue weighted by Crippen LogP contribution is 2.27. The lowest BCUT2D eigenvalue weighted by atomic mass is 10.2. The number of carbonyl (C=O) groups is 1. The zero-order valence-electron chi connectivity index (χ0n) is 12.0. The van der Waals surface area contributed by atoms with Gasteiger partial charge in [0.1, 0.15) is 0 Å². The summed E-state index contributed by atoms with van der Waals surface area (Å²) in [4.78, 5) is 10.4. The maximum absolute atomic E-state index is 11.7. The van der Waals surface area contributed by atoms with Gasteiger partial charge in [-0.15, -0.1) is 0 Å². The number of methoxy groups -OCH3 is 2. The van der Waals surface area contributed by atoms with E-state index < -0.39 is 16.0 Å². The van der Waals surface area contributed by atoms with E-state index in [0.29, 0.717) is 11.5 Å². The van der Waals surface area contributed by atoms with Crippen molar-refractivity contribution in [3.63, 3.8) is 0 Å². The summed E-state index contributed by atoms with van der Waals surface area (Å²) in [5.41, 5.74) is 0.717. The molecule has 0 radical (unpaired) electrons. The second kappa shape index (κ2) is 7.84. The van der Waals surface area contributed by atoms with E-state index in [1.54, 1.807) is 18.2 Å². The first kappa shape index (κ1) is 17.3. The molecule has 0 aliphatic rings. The standard InChI is InChI=1S/C13H19NO6S/c1-19-11-6-5-10(8-12(11)20-2)9-14-21(17,18)7-3-4-13(15)16/h5-6,8,14H,3-4,7,9H2,1-2H3,(H,15,16). The van der Waals surface area contributed by atoms with Crippen molar-refractivity contribution in [1.29, 1.82) is 0 Å². The lowest BCUT2D eigenvalue weighted by molar-refractivity contribution is -0.137. The second-order valence-corrected chi connectivity index (χ2v) is 6.25. The van der Waals surface area contributed by atoms with Gasteiger partial charge in [0, 0.05) is 13.0 Å². The largest absolute Gasteiger partial charge is 0.493 e. The Labute approximate surface area is 123 Å². The third-order valence-corrected chi connectivity index (χ3v) is 4.16. The highest BCUT2D eigenvalue weighted by atomic mass is 32.2. The number of aliphatic carboxylic acids is 1. The number of sulfonamides is 1. The molecule has 0 aliphatic carbocycles. The molecule has 1 aromatic carbocycles. The minimum Gasteiger partial charge on any atom is -0.493 e.